The quantitative estimate of drug-likeness (QED) is 0.477. The first kappa shape index (κ1) is 20.9. The molecular weight excluding hydrogens is 391 g/mol. The Bertz CT molecular complexity index is 856. The second-order valence-corrected chi connectivity index (χ2v) is 9.60. The van der Waals surface area contributed by atoms with Crippen molar-refractivity contribution in [3.63, 3.8) is 0 Å². The molecule has 2 aliphatic rings. The molecule has 0 bridgehead atoms. The first-order valence-electron chi connectivity index (χ1n) is 7.87. The largest absolute Gasteiger partial charge is 0.297 e. The predicted octanol–water partition coefficient (Wildman–Crippen LogP) is 0.608. The van der Waals surface area contributed by atoms with Crippen molar-refractivity contribution in [3.05, 3.63) is 23.8 Å². The molecule has 0 aromatic carbocycles. The molecule has 8 nitrogen and oxygen atoms in total. The smallest absolute Gasteiger partial charge is 0.277 e. The van der Waals surface area contributed by atoms with Crippen LogP contribution in [0.4, 0.5) is 4.39 Å². The third kappa shape index (κ3) is 4.27. The van der Waals surface area contributed by atoms with E-state index in [9.17, 15) is 30.8 Å². The summed E-state index contributed by atoms with van der Waals surface area (Å²) in [5.41, 5.74) is -0.0804. The van der Waals surface area contributed by atoms with Crippen molar-refractivity contribution < 1.29 is 39.6 Å². The van der Waals surface area contributed by atoms with Crippen molar-refractivity contribution in [1.82, 2.24) is 0 Å². The van der Waals surface area contributed by atoms with Gasteiger partial charge in [0, 0.05) is 17.9 Å². The molecule has 2 rings (SSSR count). The van der Waals surface area contributed by atoms with E-state index in [1.54, 1.807) is 6.92 Å². The maximum atomic E-state index is 12.5. The van der Waals surface area contributed by atoms with E-state index in [4.69, 9.17) is 4.55 Å². The fourth-order valence-electron chi connectivity index (χ4n) is 3.04. The van der Waals surface area contributed by atoms with E-state index in [-0.39, 0.29) is 18.6 Å². The molecule has 0 amide bonds. The summed E-state index contributed by atoms with van der Waals surface area (Å²) in [6, 6.07) is 0. The van der Waals surface area contributed by atoms with E-state index in [0.717, 1.165) is 0 Å². The van der Waals surface area contributed by atoms with Gasteiger partial charge in [0.1, 0.15) is 5.25 Å². The predicted molar refractivity (Wildman–Crippen MR) is 89.1 cm³/mol. The Kier molecular flexibility index (Phi) is 6.16. The van der Waals surface area contributed by atoms with E-state index < -0.39 is 67.2 Å². The van der Waals surface area contributed by atoms with Crippen LogP contribution >= 0.6 is 0 Å². The molecule has 26 heavy (non-hydrogen) atoms. The molecule has 1 N–H and O–H groups in total. The zero-order valence-corrected chi connectivity index (χ0v) is 15.5. The Morgan fingerprint density at radius 2 is 2.08 bits per heavy atom. The van der Waals surface area contributed by atoms with Crippen LogP contribution in [0.25, 0.3) is 0 Å². The summed E-state index contributed by atoms with van der Waals surface area (Å²) in [4.78, 5) is 24.8. The molecule has 4 unspecified atom stereocenters. The van der Waals surface area contributed by atoms with Gasteiger partial charge in [-0.2, -0.15) is 16.8 Å². The second-order valence-electron chi connectivity index (χ2n) is 6.21. The van der Waals surface area contributed by atoms with Crippen molar-refractivity contribution in [2.24, 2.45) is 11.8 Å². The Hall–Kier alpha value is -1.43. The lowest BCUT2D eigenvalue weighted by Gasteiger charge is -2.24. The SMILES string of the molecule is CC1C=C(C(=O)C(CCF)S(=O)(=O)O)C=CC1C(=O)C1CCOS1(=O)=O. The number of allylic oxidation sites excluding steroid dienone is 4. The van der Waals surface area contributed by atoms with E-state index in [1.165, 1.54) is 18.2 Å². The van der Waals surface area contributed by atoms with Gasteiger partial charge in [0.2, 0.25) is 0 Å². The second kappa shape index (κ2) is 7.67. The summed E-state index contributed by atoms with van der Waals surface area (Å²) in [5.74, 6) is -2.95. The average Bonchev–Trinajstić information content (AvgIpc) is 2.89. The van der Waals surface area contributed by atoms with Crippen molar-refractivity contribution >= 4 is 31.8 Å². The number of rotatable bonds is 7. The molecule has 11 heteroatoms. The Morgan fingerprint density at radius 3 is 2.54 bits per heavy atom. The van der Waals surface area contributed by atoms with Gasteiger partial charge in [-0.1, -0.05) is 25.2 Å². The maximum absolute atomic E-state index is 12.5. The minimum atomic E-state index is -4.78. The molecule has 4 atom stereocenters. The van der Waals surface area contributed by atoms with Gasteiger partial charge in [-0.05, 0) is 12.3 Å². The van der Waals surface area contributed by atoms with Gasteiger partial charge >= 0.3 is 0 Å². The number of carbonyl (C=O) groups excluding carboxylic acids is 2. The van der Waals surface area contributed by atoms with Crippen LogP contribution in [0.1, 0.15) is 19.8 Å². The molecular formula is C15H19FO8S2. The summed E-state index contributed by atoms with van der Waals surface area (Å²) in [7, 11) is -8.73. The van der Waals surface area contributed by atoms with Crippen LogP contribution in [0.3, 0.4) is 0 Å². The van der Waals surface area contributed by atoms with Crippen LogP contribution in [0.2, 0.25) is 0 Å². The molecule has 0 aromatic heterocycles. The fourth-order valence-corrected chi connectivity index (χ4v) is 5.15. The highest BCUT2D eigenvalue weighted by molar-refractivity contribution is 7.88. The first-order valence-corrected chi connectivity index (χ1v) is 10.8. The average molecular weight is 410 g/mol. The number of carbonyl (C=O) groups is 2. The molecule has 1 fully saturated rings. The summed E-state index contributed by atoms with van der Waals surface area (Å²) >= 11 is 0. The molecule has 0 aromatic rings. The van der Waals surface area contributed by atoms with Gasteiger partial charge in [0.05, 0.1) is 13.3 Å². The topological polar surface area (TPSA) is 132 Å². The van der Waals surface area contributed by atoms with E-state index >= 15 is 0 Å². The summed E-state index contributed by atoms with van der Waals surface area (Å²) in [6.45, 7) is 0.394. The van der Waals surface area contributed by atoms with Gasteiger partial charge in [-0.3, -0.25) is 22.7 Å². The van der Waals surface area contributed by atoms with Crippen LogP contribution in [-0.2, 0) is 34.0 Å². The molecule has 1 aliphatic carbocycles. The van der Waals surface area contributed by atoms with Crippen molar-refractivity contribution in [2.45, 2.75) is 30.3 Å². The minimum absolute atomic E-state index is 0.0507. The van der Waals surface area contributed by atoms with Crippen LogP contribution in [0.5, 0.6) is 0 Å². The summed E-state index contributed by atoms with van der Waals surface area (Å²) in [5, 5.41) is -3.20. The number of alkyl halides is 1. The zero-order valence-electron chi connectivity index (χ0n) is 13.9. The van der Waals surface area contributed by atoms with E-state index in [0.29, 0.717) is 0 Å². The van der Waals surface area contributed by atoms with Crippen LogP contribution in [0.15, 0.2) is 23.8 Å². The summed E-state index contributed by atoms with van der Waals surface area (Å²) < 4.78 is 72.2. The number of ketones is 2. The highest BCUT2D eigenvalue weighted by Crippen LogP contribution is 2.30. The molecule has 0 spiro atoms. The monoisotopic (exact) mass is 410 g/mol. The highest BCUT2D eigenvalue weighted by Gasteiger charge is 2.43. The van der Waals surface area contributed by atoms with Crippen molar-refractivity contribution in [2.75, 3.05) is 13.3 Å². The number of Topliss-reactive ketones (excluding diaryl/α,β-unsaturated/α-hetero) is 2. The lowest BCUT2D eigenvalue weighted by atomic mass is 9.81. The lowest BCUT2D eigenvalue weighted by Crippen LogP contribution is -2.36. The number of hydrogen-bond acceptors (Lipinski definition) is 7. The number of hydrogen-bond donors (Lipinski definition) is 1. The van der Waals surface area contributed by atoms with Crippen molar-refractivity contribution in [3.8, 4) is 0 Å². The molecule has 0 saturated carbocycles. The zero-order chi connectivity index (χ0) is 19.7. The molecule has 146 valence electrons. The van der Waals surface area contributed by atoms with E-state index in [1.807, 2.05) is 0 Å². The Balaban J connectivity index is 2.21. The lowest BCUT2D eigenvalue weighted by molar-refractivity contribution is -0.122. The minimum Gasteiger partial charge on any atom is -0.297 e. The van der Waals surface area contributed by atoms with Gasteiger partial charge in [-0.15, -0.1) is 0 Å². The van der Waals surface area contributed by atoms with E-state index in [2.05, 4.69) is 4.18 Å². The standard InChI is InChI=1S/C15H19FO8S2/c1-9-8-10(14(17)12(4-6-16)25(19,20)21)2-3-11(9)15(18)13-5-7-24-26(13,22)23/h2-3,8-9,11-13H,4-7H2,1H3,(H,19,20,21). The third-order valence-electron chi connectivity index (χ3n) is 4.42. The van der Waals surface area contributed by atoms with Gasteiger partial charge in [0.15, 0.2) is 16.8 Å². The molecule has 1 saturated heterocycles. The third-order valence-corrected chi connectivity index (χ3v) is 7.25. The molecule has 1 aliphatic heterocycles. The van der Waals surface area contributed by atoms with Gasteiger partial charge in [0.25, 0.3) is 20.2 Å². The summed E-state index contributed by atoms with van der Waals surface area (Å²) in [6.07, 6.45) is 3.21. The van der Waals surface area contributed by atoms with Crippen LogP contribution in [0, 0.1) is 11.8 Å². The normalized spacial score (nSPS) is 29.2. The van der Waals surface area contributed by atoms with Gasteiger partial charge < -0.3 is 0 Å². The Labute approximate surface area is 151 Å². The van der Waals surface area contributed by atoms with Crippen LogP contribution < -0.4 is 0 Å². The maximum Gasteiger partial charge on any atom is 0.277 e. The van der Waals surface area contributed by atoms with Crippen LogP contribution in [-0.4, -0.2) is 56.7 Å². The van der Waals surface area contributed by atoms with Crippen molar-refractivity contribution in [1.29, 1.82) is 0 Å². The number of halogens is 1. The highest BCUT2D eigenvalue weighted by atomic mass is 32.2. The fraction of sp³-hybridized carbons (Fsp3) is 0.600. The Morgan fingerprint density at radius 1 is 1.42 bits per heavy atom. The first-order chi connectivity index (χ1) is 12.0. The van der Waals surface area contributed by atoms with Gasteiger partial charge in [-0.25, -0.2) is 0 Å². The molecule has 0 radical (unpaired) electrons. The molecule has 1 heterocycles.